The van der Waals surface area contributed by atoms with Gasteiger partial charge < -0.3 is 13.9 Å². The largest absolute Gasteiger partial charge is 0.459 e. The molecule has 0 amide bonds. The molecule has 6 heteroatoms. The van der Waals surface area contributed by atoms with Crippen molar-refractivity contribution in [3.05, 3.63) is 59.7 Å². The van der Waals surface area contributed by atoms with Crippen molar-refractivity contribution in [2.45, 2.75) is 6.92 Å². The quantitative estimate of drug-likeness (QED) is 0.494. The highest BCUT2D eigenvalue weighted by Gasteiger charge is 2.26. The van der Waals surface area contributed by atoms with Crippen LogP contribution < -0.4 is 4.74 Å². The summed E-state index contributed by atoms with van der Waals surface area (Å²) in [5.41, 5.74) is 0.653. The van der Waals surface area contributed by atoms with Gasteiger partial charge in [0.25, 0.3) is 5.90 Å². The van der Waals surface area contributed by atoms with Crippen molar-refractivity contribution in [3.8, 4) is 5.75 Å². The van der Waals surface area contributed by atoms with E-state index in [2.05, 4.69) is 4.99 Å². The summed E-state index contributed by atoms with van der Waals surface area (Å²) in [5, 5.41) is 0. The number of hydrogen-bond donors (Lipinski definition) is 0. The molecule has 2 aromatic rings. The van der Waals surface area contributed by atoms with Gasteiger partial charge in [-0.1, -0.05) is 18.2 Å². The van der Waals surface area contributed by atoms with Crippen molar-refractivity contribution >= 4 is 23.9 Å². The van der Waals surface area contributed by atoms with Gasteiger partial charge in [-0.05, 0) is 24.3 Å². The lowest BCUT2D eigenvalue weighted by Crippen LogP contribution is -2.04. The summed E-state index contributed by atoms with van der Waals surface area (Å²) < 4.78 is 15.3. The summed E-state index contributed by atoms with van der Waals surface area (Å²) in [6.07, 6.45) is 2.96. The minimum absolute atomic E-state index is 0.103. The third-order valence-electron chi connectivity index (χ3n) is 2.82. The fourth-order valence-corrected chi connectivity index (χ4v) is 1.91. The predicted octanol–water partition coefficient (Wildman–Crippen LogP) is 2.55. The Morgan fingerprint density at radius 1 is 1.23 bits per heavy atom. The van der Waals surface area contributed by atoms with Crippen LogP contribution in [-0.2, 0) is 14.3 Å². The number of ether oxygens (including phenoxy) is 2. The van der Waals surface area contributed by atoms with Crippen LogP contribution in [0.5, 0.6) is 5.75 Å². The predicted molar refractivity (Wildman–Crippen MR) is 77.1 cm³/mol. The van der Waals surface area contributed by atoms with Gasteiger partial charge >= 0.3 is 11.9 Å². The maximum atomic E-state index is 11.9. The van der Waals surface area contributed by atoms with Crippen molar-refractivity contribution in [3.63, 3.8) is 0 Å². The van der Waals surface area contributed by atoms with Crippen LogP contribution in [0.1, 0.15) is 18.2 Å². The first-order valence-corrected chi connectivity index (χ1v) is 6.47. The van der Waals surface area contributed by atoms with Gasteiger partial charge in [-0.15, -0.1) is 0 Å². The molecule has 0 aliphatic carbocycles. The molecule has 0 saturated heterocycles. The van der Waals surface area contributed by atoms with Gasteiger partial charge in [-0.25, -0.2) is 9.79 Å². The monoisotopic (exact) mass is 297 g/mol. The van der Waals surface area contributed by atoms with Gasteiger partial charge in [0.05, 0.1) is 6.26 Å². The Kier molecular flexibility index (Phi) is 3.57. The molecule has 0 radical (unpaired) electrons. The van der Waals surface area contributed by atoms with Gasteiger partial charge in [0, 0.05) is 12.5 Å². The highest BCUT2D eigenvalue weighted by molar-refractivity contribution is 6.12. The van der Waals surface area contributed by atoms with Crippen LogP contribution in [0, 0.1) is 0 Å². The second kappa shape index (κ2) is 5.69. The number of rotatable bonds is 3. The minimum Gasteiger partial charge on any atom is -0.459 e. The van der Waals surface area contributed by atoms with E-state index in [1.807, 2.05) is 0 Å². The molecule has 0 fully saturated rings. The fraction of sp³-hybridized carbons (Fsp3) is 0.0625. The van der Waals surface area contributed by atoms with Gasteiger partial charge in [-0.3, -0.25) is 4.79 Å². The van der Waals surface area contributed by atoms with Crippen LogP contribution in [0.25, 0.3) is 6.08 Å². The van der Waals surface area contributed by atoms with Gasteiger partial charge in [-0.2, -0.15) is 0 Å². The first kappa shape index (κ1) is 13.8. The fourth-order valence-electron chi connectivity index (χ4n) is 1.91. The smallest absolute Gasteiger partial charge is 0.363 e. The standard InChI is InChI=1S/C16H11NO5/c1-10(18)21-13-6-3-2-5-11(13)9-12-16(19)22-15(17-12)14-7-4-8-20-14/h2-9H,1H3/b12-9+. The summed E-state index contributed by atoms with van der Waals surface area (Å²) in [6.45, 7) is 1.31. The van der Waals surface area contributed by atoms with Gasteiger partial charge in [0.2, 0.25) is 0 Å². The van der Waals surface area contributed by atoms with E-state index < -0.39 is 11.9 Å². The number of furan rings is 1. The molecule has 2 heterocycles. The SMILES string of the molecule is CC(=O)Oc1ccccc1/C=C1/N=C(c2ccco2)OC1=O. The van der Waals surface area contributed by atoms with Crippen LogP contribution in [0.3, 0.4) is 0 Å². The number of carbonyl (C=O) groups excluding carboxylic acids is 2. The molecule has 1 aliphatic heterocycles. The maximum absolute atomic E-state index is 11.9. The number of benzene rings is 1. The molecular weight excluding hydrogens is 286 g/mol. The zero-order chi connectivity index (χ0) is 15.5. The van der Waals surface area contributed by atoms with Crippen LogP contribution >= 0.6 is 0 Å². The Hall–Kier alpha value is -3.15. The average Bonchev–Trinajstić information content (AvgIpc) is 3.11. The number of carbonyl (C=O) groups is 2. The average molecular weight is 297 g/mol. The first-order chi connectivity index (χ1) is 10.6. The summed E-state index contributed by atoms with van der Waals surface area (Å²) >= 11 is 0. The van der Waals surface area contributed by atoms with Crippen molar-refractivity contribution < 1.29 is 23.5 Å². The van der Waals surface area contributed by atoms with Crippen LogP contribution in [0.4, 0.5) is 0 Å². The van der Waals surface area contributed by atoms with Gasteiger partial charge in [0.15, 0.2) is 11.5 Å². The third-order valence-corrected chi connectivity index (χ3v) is 2.82. The molecule has 1 aromatic carbocycles. The summed E-state index contributed by atoms with van der Waals surface area (Å²) in [7, 11) is 0. The molecule has 22 heavy (non-hydrogen) atoms. The second-order valence-electron chi connectivity index (χ2n) is 4.44. The summed E-state index contributed by atoms with van der Waals surface area (Å²) in [6, 6.07) is 10.1. The van der Waals surface area contributed by atoms with Crippen molar-refractivity contribution in [2.75, 3.05) is 0 Å². The van der Waals surface area contributed by atoms with Gasteiger partial charge in [0.1, 0.15) is 5.75 Å². The Labute approximate surface area is 125 Å². The normalized spacial score (nSPS) is 15.6. The van der Waals surface area contributed by atoms with E-state index in [1.165, 1.54) is 19.3 Å². The molecule has 0 spiro atoms. The lowest BCUT2D eigenvalue weighted by molar-refractivity contribution is -0.132. The van der Waals surface area contributed by atoms with E-state index in [0.29, 0.717) is 17.1 Å². The number of esters is 2. The number of hydrogen-bond acceptors (Lipinski definition) is 6. The van der Waals surface area contributed by atoms with E-state index in [4.69, 9.17) is 13.9 Å². The van der Waals surface area contributed by atoms with Crippen molar-refractivity contribution in [2.24, 2.45) is 4.99 Å². The van der Waals surface area contributed by atoms with Crippen molar-refractivity contribution in [1.82, 2.24) is 0 Å². The molecule has 110 valence electrons. The molecule has 0 bridgehead atoms. The van der Waals surface area contributed by atoms with E-state index in [-0.39, 0.29) is 11.6 Å². The van der Waals surface area contributed by atoms with Crippen molar-refractivity contribution in [1.29, 1.82) is 0 Å². The molecule has 0 unspecified atom stereocenters. The van der Waals surface area contributed by atoms with E-state index in [9.17, 15) is 9.59 Å². The van der Waals surface area contributed by atoms with E-state index >= 15 is 0 Å². The third kappa shape index (κ3) is 2.80. The van der Waals surface area contributed by atoms with E-state index in [0.717, 1.165) is 0 Å². The Morgan fingerprint density at radius 3 is 2.77 bits per heavy atom. The number of para-hydroxylation sites is 1. The first-order valence-electron chi connectivity index (χ1n) is 6.47. The lowest BCUT2D eigenvalue weighted by Gasteiger charge is -2.04. The molecule has 6 nitrogen and oxygen atoms in total. The molecule has 0 saturated carbocycles. The lowest BCUT2D eigenvalue weighted by atomic mass is 10.1. The molecule has 0 atom stereocenters. The minimum atomic E-state index is -0.593. The second-order valence-corrected chi connectivity index (χ2v) is 4.44. The molecule has 0 N–H and O–H groups in total. The Morgan fingerprint density at radius 2 is 2.05 bits per heavy atom. The molecular formula is C16H11NO5. The number of aliphatic imine (C=N–C) groups is 1. The number of nitrogens with zero attached hydrogens (tertiary/aromatic N) is 1. The number of cyclic esters (lactones) is 1. The summed E-state index contributed by atoms with van der Waals surface area (Å²) in [4.78, 5) is 27.1. The van der Waals surface area contributed by atoms with E-state index in [1.54, 1.807) is 36.4 Å². The van der Waals surface area contributed by atoms with Crippen LogP contribution in [0.15, 0.2) is 57.8 Å². The van der Waals surface area contributed by atoms with Crippen LogP contribution in [-0.4, -0.2) is 17.8 Å². The highest BCUT2D eigenvalue weighted by Crippen LogP contribution is 2.24. The highest BCUT2D eigenvalue weighted by atomic mass is 16.6. The molecule has 3 rings (SSSR count). The zero-order valence-corrected chi connectivity index (χ0v) is 11.6. The maximum Gasteiger partial charge on any atom is 0.363 e. The molecule has 1 aliphatic rings. The Balaban J connectivity index is 1.95. The summed E-state index contributed by atoms with van der Waals surface area (Å²) in [5.74, 6) is -0.225. The zero-order valence-electron chi connectivity index (χ0n) is 11.6. The Bertz CT molecular complexity index is 787. The molecule has 1 aromatic heterocycles. The topological polar surface area (TPSA) is 78.1 Å². The van der Waals surface area contributed by atoms with Crippen LogP contribution in [0.2, 0.25) is 0 Å².